The number of rotatable bonds is 2. The van der Waals surface area contributed by atoms with Crippen LogP contribution >= 0.6 is 11.8 Å². The highest BCUT2D eigenvalue weighted by Crippen LogP contribution is 2.18. The van der Waals surface area contributed by atoms with Gasteiger partial charge in [0.05, 0.1) is 5.04 Å². The van der Waals surface area contributed by atoms with Gasteiger partial charge >= 0.3 is 0 Å². The van der Waals surface area contributed by atoms with E-state index in [4.69, 9.17) is 0 Å². The summed E-state index contributed by atoms with van der Waals surface area (Å²) in [6.45, 7) is 6.84. The van der Waals surface area contributed by atoms with E-state index in [9.17, 15) is 0 Å². The van der Waals surface area contributed by atoms with Crippen molar-refractivity contribution in [3.63, 3.8) is 0 Å². The van der Waals surface area contributed by atoms with Crippen LogP contribution in [-0.4, -0.2) is 17.3 Å². The summed E-state index contributed by atoms with van der Waals surface area (Å²) in [5, 5.41) is 1.25. The smallest absolute Gasteiger partial charge is 0.0742 e. The Morgan fingerprint density at radius 3 is 3.11 bits per heavy atom. The molecule has 0 spiro atoms. The topological polar surface area (TPSA) is 12.4 Å². The van der Waals surface area contributed by atoms with Crippen molar-refractivity contribution in [3.05, 3.63) is 12.7 Å². The summed E-state index contributed by atoms with van der Waals surface area (Å²) in [6, 6.07) is 0. The highest BCUT2D eigenvalue weighted by molar-refractivity contribution is 8.14. The Kier molecular flexibility index (Phi) is 2.34. The summed E-state index contributed by atoms with van der Waals surface area (Å²) < 4.78 is 0. The molecule has 0 fully saturated rings. The van der Waals surface area contributed by atoms with E-state index in [0.717, 1.165) is 12.3 Å². The van der Waals surface area contributed by atoms with Crippen molar-refractivity contribution in [3.8, 4) is 0 Å². The van der Waals surface area contributed by atoms with Crippen molar-refractivity contribution in [2.75, 3.05) is 12.3 Å². The summed E-state index contributed by atoms with van der Waals surface area (Å²) in [5.41, 5.74) is 0. The van der Waals surface area contributed by atoms with E-state index in [0.29, 0.717) is 5.92 Å². The van der Waals surface area contributed by atoms with Crippen molar-refractivity contribution >= 4 is 16.8 Å². The Labute approximate surface area is 60.3 Å². The molecular weight excluding hydrogens is 130 g/mol. The predicted molar refractivity (Wildman–Crippen MR) is 44.1 cm³/mol. The number of aliphatic imine (C=N–C) groups is 1. The molecule has 0 aliphatic carbocycles. The molecule has 1 nitrogen and oxygen atoms in total. The lowest BCUT2D eigenvalue weighted by molar-refractivity contribution is 1.01. The molecule has 1 unspecified atom stereocenters. The monoisotopic (exact) mass is 141 g/mol. The number of hydrogen-bond donors (Lipinski definition) is 0. The van der Waals surface area contributed by atoms with Crippen molar-refractivity contribution in [1.82, 2.24) is 0 Å². The molecule has 1 aliphatic rings. The third-order valence-electron chi connectivity index (χ3n) is 1.35. The minimum absolute atomic E-state index is 0.470. The lowest BCUT2D eigenvalue weighted by Gasteiger charge is -2.01. The van der Waals surface area contributed by atoms with Gasteiger partial charge in [0.25, 0.3) is 0 Å². The molecule has 1 heterocycles. The van der Waals surface area contributed by atoms with E-state index < -0.39 is 0 Å². The average molecular weight is 141 g/mol. The van der Waals surface area contributed by atoms with Crippen LogP contribution in [0.5, 0.6) is 0 Å². The first-order valence-corrected chi connectivity index (χ1v) is 4.13. The summed E-state index contributed by atoms with van der Waals surface area (Å²) in [4.78, 5) is 4.31. The molecule has 50 valence electrons. The maximum absolute atomic E-state index is 4.31. The van der Waals surface area contributed by atoms with Crippen LogP contribution in [0, 0.1) is 5.92 Å². The zero-order chi connectivity index (χ0) is 6.69. The van der Waals surface area contributed by atoms with E-state index in [-0.39, 0.29) is 0 Å². The first kappa shape index (κ1) is 6.87. The van der Waals surface area contributed by atoms with Gasteiger partial charge in [-0.05, 0) is 0 Å². The SMILES string of the molecule is C=CC(C)C1=NCCS1. The van der Waals surface area contributed by atoms with Crippen LogP contribution in [0.2, 0.25) is 0 Å². The van der Waals surface area contributed by atoms with Gasteiger partial charge in [-0.15, -0.1) is 18.3 Å². The van der Waals surface area contributed by atoms with Crippen LogP contribution in [0.4, 0.5) is 0 Å². The molecule has 0 aromatic carbocycles. The normalized spacial score (nSPS) is 21.2. The standard InChI is InChI=1S/C7H11NS/c1-3-6(2)7-8-4-5-9-7/h3,6H,1,4-5H2,2H3. The van der Waals surface area contributed by atoms with Gasteiger partial charge in [-0.3, -0.25) is 4.99 Å². The van der Waals surface area contributed by atoms with Gasteiger partial charge in [-0.2, -0.15) is 0 Å². The molecule has 2 heteroatoms. The van der Waals surface area contributed by atoms with E-state index in [1.807, 2.05) is 17.8 Å². The summed E-state index contributed by atoms with van der Waals surface area (Å²) >= 11 is 1.85. The minimum Gasteiger partial charge on any atom is -0.281 e. The second-order valence-electron chi connectivity index (χ2n) is 2.09. The first-order chi connectivity index (χ1) is 4.34. The van der Waals surface area contributed by atoms with Gasteiger partial charge in [0, 0.05) is 18.2 Å². The maximum atomic E-state index is 4.31. The number of nitrogens with zero attached hydrogens (tertiary/aromatic N) is 1. The zero-order valence-corrected chi connectivity index (χ0v) is 6.45. The van der Waals surface area contributed by atoms with Crippen LogP contribution in [-0.2, 0) is 0 Å². The van der Waals surface area contributed by atoms with Gasteiger partial charge in [-0.25, -0.2) is 0 Å². The second kappa shape index (κ2) is 3.06. The number of thioether (sulfide) groups is 1. The number of hydrogen-bond acceptors (Lipinski definition) is 2. The van der Waals surface area contributed by atoms with E-state index in [1.165, 1.54) is 5.04 Å². The molecule has 1 aliphatic heterocycles. The molecule has 1 rings (SSSR count). The molecular formula is C7H11NS. The van der Waals surface area contributed by atoms with Gasteiger partial charge in [0.1, 0.15) is 0 Å². The van der Waals surface area contributed by atoms with E-state index >= 15 is 0 Å². The molecule has 0 radical (unpaired) electrons. The molecule has 9 heavy (non-hydrogen) atoms. The molecule has 0 bridgehead atoms. The molecule has 0 amide bonds. The molecule has 0 aromatic heterocycles. The Balaban J connectivity index is 2.50. The van der Waals surface area contributed by atoms with Crippen LogP contribution in [0.3, 0.4) is 0 Å². The van der Waals surface area contributed by atoms with Gasteiger partial charge in [-0.1, -0.05) is 13.0 Å². The third-order valence-corrected chi connectivity index (χ3v) is 2.54. The average Bonchev–Trinajstić information content (AvgIpc) is 2.37. The lowest BCUT2D eigenvalue weighted by Crippen LogP contribution is -1.99. The largest absolute Gasteiger partial charge is 0.281 e. The second-order valence-corrected chi connectivity index (χ2v) is 3.21. The van der Waals surface area contributed by atoms with Crippen molar-refractivity contribution in [2.45, 2.75) is 6.92 Å². The molecule has 0 aromatic rings. The number of allylic oxidation sites excluding steroid dienone is 1. The summed E-state index contributed by atoms with van der Waals surface area (Å²) in [7, 11) is 0. The van der Waals surface area contributed by atoms with Crippen molar-refractivity contribution < 1.29 is 0 Å². The molecule has 0 saturated carbocycles. The Morgan fingerprint density at radius 2 is 2.67 bits per heavy atom. The van der Waals surface area contributed by atoms with Crippen LogP contribution < -0.4 is 0 Å². The highest BCUT2D eigenvalue weighted by atomic mass is 32.2. The molecule has 0 saturated heterocycles. The third kappa shape index (κ3) is 1.58. The van der Waals surface area contributed by atoms with Gasteiger partial charge in [0.2, 0.25) is 0 Å². The first-order valence-electron chi connectivity index (χ1n) is 3.14. The van der Waals surface area contributed by atoms with E-state index in [1.54, 1.807) is 0 Å². The van der Waals surface area contributed by atoms with Crippen molar-refractivity contribution in [1.29, 1.82) is 0 Å². The summed E-state index contributed by atoms with van der Waals surface area (Å²) in [6.07, 6.45) is 1.94. The zero-order valence-electron chi connectivity index (χ0n) is 5.63. The van der Waals surface area contributed by atoms with Crippen molar-refractivity contribution in [2.24, 2.45) is 10.9 Å². The maximum Gasteiger partial charge on any atom is 0.0742 e. The predicted octanol–water partition coefficient (Wildman–Crippen LogP) is 1.95. The quantitative estimate of drug-likeness (QED) is 0.535. The Morgan fingerprint density at radius 1 is 1.89 bits per heavy atom. The van der Waals surface area contributed by atoms with Gasteiger partial charge in [0.15, 0.2) is 0 Å². The van der Waals surface area contributed by atoms with Gasteiger partial charge < -0.3 is 0 Å². The Hall–Kier alpha value is -0.240. The minimum atomic E-state index is 0.470. The van der Waals surface area contributed by atoms with Crippen LogP contribution in [0.1, 0.15) is 6.92 Å². The molecule has 1 atom stereocenters. The molecule has 0 N–H and O–H groups in total. The Bertz CT molecular complexity index is 140. The van der Waals surface area contributed by atoms with Crippen LogP contribution in [0.25, 0.3) is 0 Å². The fourth-order valence-corrected chi connectivity index (χ4v) is 1.66. The fourth-order valence-electron chi connectivity index (χ4n) is 0.728. The highest BCUT2D eigenvalue weighted by Gasteiger charge is 2.10. The fraction of sp³-hybridized carbons (Fsp3) is 0.571. The van der Waals surface area contributed by atoms with E-state index in [2.05, 4.69) is 18.5 Å². The lowest BCUT2D eigenvalue weighted by atomic mass is 10.2. The summed E-state index contributed by atoms with van der Waals surface area (Å²) in [5.74, 6) is 1.63. The van der Waals surface area contributed by atoms with Crippen LogP contribution in [0.15, 0.2) is 17.6 Å².